The first-order valence-corrected chi connectivity index (χ1v) is 6.62. The van der Waals surface area contributed by atoms with Crippen LogP contribution in [0.1, 0.15) is 36.4 Å². The predicted molar refractivity (Wildman–Crippen MR) is 72.9 cm³/mol. The number of hydrogen-bond donors (Lipinski definition) is 1. The second-order valence-electron chi connectivity index (χ2n) is 4.92. The molecule has 2 heterocycles. The van der Waals surface area contributed by atoms with Gasteiger partial charge in [-0.3, -0.25) is 0 Å². The van der Waals surface area contributed by atoms with Crippen LogP contribution in [0.5, 0.6) is 0 Å². The Morgan fingerprint density at radius 1 is 1.39 bits per heavy atom. The zero-order valence-electron chi connectivity index (χ0n) is 11.7. The molecule has 3 nitrogen and oxygen atoms in total. The van der Waals surface area contributed by atoms with Crippen molar-refractivity contribution >= 4 is 0 Å². The summed E-state index contributed by atoms with van der Waals surface area (Å²) in [7, 11) is 0. The molecule has 1 unspecified atom stereocenters. The van der Waals surface area contributed by atoms with E-state index in [2.05, 4.69) is 30.4 Å². The Morgan fingerprint density at radius 3 is 3.11 bits per heavy atom. The van der Waals surface area contributed by atoms with Crippen LogP contribution in [0.2, 0.25) is 1.41 Å². The van der Waals surface area contributed by atoms with Gasteiger partial charge in [0, 0.05) is 17.8 Å². The highest BCUT2D eigenvalue weighted by Crippen LogP contribution is 2.23. The third-order valence-corrected chi connectivity index (χ3v) is 3.58. The Labute approximate surface area is 109 Å². The minimum absolute atomic E-state index is 0.200. The fourth-order valence-corrected chi connectivity index (χ4v) is 2.52. The highest BCUT2D eigenvalue weighted by atomic mass is 15.3. The molecule has 0 amide bonds. The molecule has 1 aliphatic rings. The average Bonchev–Trinajstić information content (AvgIpc) is 2.89. The molecule has 1 N–H and O–H groups in total. The highest BCUT2D eigenvalue weighted by molar-refractivity contribution is 5.39. The standard InChI is InChI=1S/C15H19N3/c1-12-6-2-3-8-15(12)18-11-13(10-17-18)14-7-4-5-9-16-14/h2-3,6,8,10-11,14,16H,4-5,7,9H2,1H3/i/hD. The maximum atomic E-state index is 8.02. The highest BCUT2D eigenvalue weighted by Gasteiger charge is 2.16. The molecule has 1 aromatic heterocycles. The Balaban J connectivity index is 1.89. The molecule has 94 valence electrons. The monoisotopic (exact) mass is 242 g/mol. The van der Waals surface area contributed by atoms with Gasteiger partial charge in [-0.05, 0) is 37.9 Å². The van der Waals surface area contributed by atoms with Crippen molar-refractivity contribution in [1.29, 1.82) is 0 Å². The average molecular weight is 242 g/mol. The van der Waals surface area contributed by atoms with E-state index in [0.717, 1.165) is 30.6 Å². The Morgan fingerprint density at radius 2 is 2.28 bits per heavy atom. The molecule has 1 aliphatic heterocycles. The van der Waals surface area contributed by atoms with Gasteiger partial charge in [-0.2, -0.15) is 5.10 Å². The summed E-state index contributed by atoms with van der Waals surface area (Å²) in [5.74, 6) is 0. The van der Waals surface area contributed by atoms with Gasteiger partial charge in [0.05, 0.1) is 11.9 Å². The van der Waals surface area contributed by atoms with Crippen molar-refractivity contribution in [1.82, 2.24) is 15.1 Å². The smallest absolute Gasteiger partial charge is 0.123 e. The quantitative estimate of drug-likeness (QED) is 0.877. The molecule has 3 rings (SSSR count). The van der Waals surface area contributed by atoms with Crippen LogP contribution in [0.15, 0.2) is 36.7 Å². The molecule has 2 aromatic rings. The number of rotatable bonds is 2. The maximum Gasteiger partial charge on any atom is 0.123 e. The summed E-state index contributed by atoms with van der Waals surface area (Å²) in [4.78, 5) is 0. The SMILES string of the molecule is [2H]N1CCCCC1c1cnn(-c2ccccc2C)c1. The van der Waals surface area contributed by atoms with E-state index in [1.165, 1.54) is 12.0 Å². The van der Waals surface area contributed by atoms with Crippen molar-refractivity contribution in [2.45, 2.75) is 32.2 Å². The van der Waals surface area contributed by atoms with Gasteiger partial charge in [0.15, 0.2) is 0 Å². The van der Waals surface area contributed by atoms with Gasteiger partial charge in [0.2, 0.25) is 0 Å². The number of piperidine rings is 1. The van der Waals surface area contributed by atoms with E-state index in [0.29, 0.717) is 0 Å². The molecule has 0 bridgehead atoms. The zero-order chi connectivity index (χ0) is 13.2. The fraction of sp³-hybridized carbons (Fsp3) is 0.400. The van der Waals surface area contributed by atoms with Gasteiger partial charge in [-0.25, -0.2) is 4.68 Å². The van der Waals surface area contributed by atoms with Crippen molar-refractivity contribution in [3.05, 3.63) is 47.8 Å². The summed E-state index contributed by atoms with van der Waals surface area (Å²) in [6, 6.07) is 8.43. The Hall–Kier alpha value is -1.61. The van der Waals surface area contributed by atoms with E-state index in [1.54, 1.807) is 5.31 Å². The van der Waals surface area contributed by atoms with E-state index < -0.39 is 0 Å². The van der Waals surface area contributed by atoms with Crippen LogP contribution in [-0.4, -0.2) is 16.3 Å². The summed E-state index contributed by atoms with van der Waals surface area (Å²) in [5.41, 5.74) is 3.47. The molecule has 1 atom stereocenters. The van der Waals surface area contributed by atoms with Gasteiger partial charge < -0.3 is 5.31 Å². The lowest BCUT2D eigenvalue weighted by atomic mass is 10.0. The van der Waals surface area contributed by atoms with Gasteiger partial charge >= 0.3 is 0 Å². The Kier molecular flexibility index (Phi) is 2.84. The van der Waals surface area contributed by atoms with Crippen LogP contribution in [-0.2, 0) is 0 Å². The van der Waals surface area contributed by atoms with Crippen molar-refractivity contribution in [2.75, 3.05) is 6.54 Å². The van der Waals surface area contributed by atoms with Crippen LogP contribution in [0.4, 0.5) is 0 Å². The van der Waals surface area contributed by atoms with Gasteiger partial charge in [-0.1, -0.05) is 24.6 Å². The number of nitrogens with zero attached hydrogens (tertiary/aromatic N) is 2. The first-order valence-electron chi connectivity index (χ1n) is 7.06. The van der Waals surface area contributed by atoms with Crippen molar-refractivity contribution in [2.24, 2.45) is 0 Å². The molecule has 1 aromatic carbocycles. The number of aryl methyl sites for hydroxylation is 1. The molecule has 1 saturated heterocycles. The molecule has 1 fully saturated rings. The van der Waals surface area contributed by atoms with E-state index in [-0.39, 0.29) is 6.04 Å². The number of benzene rings is 1. The third-order valence-electron chi connectivity index (χ3n) is 3.58. The molecule has 18 heavy (non-hydrogen) atoms. The third kappa shape index (κ3) is 2.18. The van der Waals surface area contributed by atoms with E-state index in [4.69, 9.17) is 1.41 Å². The topological polar surface area (TPSA) is 29.9 Å². The van der Waals surface area contributed by atoms with Crippen molar-refractivity contribution in [3.63, 3.8) is 0 Å². The maximum absolute atomic E-state index is 8.02. The first-order chi connectivity index (χ1) is 9.25. The minimum atomic E-state index is 0.200. The van der Waals surface area contributed by atoms with E-state index in [9.17, 15) is 0 Å². The van der Waals surface area contributed by atoms with Crippen LogP contribution in [0, 0.1) is 6.92 Å². The first kappa shape index (κ1) is 10.3. The molecule has 0 saturated carbocycles. The number of para-hydroxylation sites is 1. The number of hydrogen-bond acceptors (Lipinski definition) is 2. The van der Waals surface area contributed by atoms with Crippen molar-refractivity contribution in [3.8, 4) is 5.69 Å². The summed E-state index contributed by atoms with van der Waals surface area (Å²) >= 11 is 0. The number of nitrogens with one attached hydrogen (secondary N) is 1. The van der Waals surface area contributed by atoms with Gasteiger partial charge in [-0.15, -0.1) is 0 Å². The second kappa shape index (κ2) is 4.94. The summed E-state index contributed by atoms with van der Waals surface area (Å²) < 4.78 is 9.94. The van der Waals surface area contributed by atoms with Crippen LogP contribution >= 0.6 is 0 Å². The molecule has 3 heteroatoms. The van der Waals surface area contributed by atoms with Crippen molar-refractivity contribution < 1.29 is 1.41 Å². The molecular formula is C15H19N3. The molecule has 0 radical (unpaired) electrons. The molecular weight excluding hydrogens is 222 g/mol. The number of aromatic nitrogens is 2. The second-order valence-corrected chi connectivity index (χ2v) is 4.92. The van der Waals surface area contributed by atoms with Crippen LogP contribution in [0.25, 0.3) is 5.69 Å². The largest absolute Gasteiger partial charge is 0.310 e. The normalized spacial score (nSPS) is 21.8. The molecule has 0 spiro atoms. The van der Waals surface area contributed by atoms with Gasteiger partial charge in [0.25, 0.3) is 0 Å². The summed E-state index contributed by atoms with van der Waals surface area (Å²) in [6.45, 7) is 2.95. The lowest BCUT2D eigenvalue weighted by Gasteiger charge is -2.22. The Bertz CT molecular complexity index is 564. The van der Waals surface area contributed by atoms with Crippen LogP contribution in [0.3, 0.4) is 0 Å². The lowest BCUT2D eigenvalue weighted by Crippen LogP contribution is -2.26. The predicted octanol–water partition coefficient (Wildman–Crippen LogP) is 3.00. The lowest BCUT2D eigenvalue weighted by molar-refractivity contribution is 0.412. The van der Waals surface area contributed by atoms with Crippen LogP contribution < -0.4 is 5.31 Å². The van der Waals surface area contributed by atoms with E-state index >= 15 is 0 Å². The summed E-state index contributed by atoms with van der Waals surface area (Å²) in [5, 5.41) is 6.16. The zero-order valence-corrected chi connectivity index (χ0v) is 10.7. The summed E-state index contributed by atoms with van der Waals surface area (Å²) in [6.07, 6.45) is 7.37. The van der Waals surface area contributed by atoms with Gasteiger partial charge in [0.1, 0.15) is 1.41 Å². The minimum Gasteiger partial charge on any atom is -0.310 e. The molecule has 0 aliphatic carbocycles. The fourth-order valence-electron chi connectivity index (χ4n) is 2.52. The van der Waals surface area contributed by atoms with E-state index in [1.807, 2.05) is 23.0 Å².